The van der Waals surface area contributed by atoms with E-state index in [-0.39, 0.29) is 0 Å². The lowest BCUT2D eigenvalue weighted by Crippen LogP contribution is -2.36. The first-order valence-corrected chi connectivity index (χ1v) is 7.97. The van der Waals surface area contributed by atoms with Gasteiger partial charge in [-0.1, -0.05) is 31.9 Å². The molecule has 2 aromatic rings. The monoisotopic (exact) mass is 301 g/mol. The van der Waals surface area contributed by atoms with Crippen molar-refractivity contribution >= 4 is 0 Å². The molecule has 1 aliphatic carbocycles. The highest BCUT2D eigenvalue weighted by Crippen LogP contribution is 2.28. The Morgan fingerprint density at radius 1 is 1.23 bits per heavy atom. The lowest BCUT2D eigenvalue weighted by molar-refractivity contribution is 0.271. The van der Waals surface area contributed by atoms with Crippen LogP contribution in [0.2, 0.25) is 0 Å². The molecule has 1 fully saturated rings. The minimum Gasteiger partial charge on any atom is -0.496 e. The summed E-state index contributed by atoms with van der Waals surface area (Å²) in [4.78, 5) is 0. The Kier molecular flexibility index (Phi) is 4.73. The standard InChI is InChI=1S/C17H23N3O2/c1-12-7-3-5-9-14(12)18-11-16-19-20-17(22-16)13-8-4-6-10-15(13)21-2/h4,6,8,10,12,14,18H,3,5,7,9,11H2,1-2H3/t12-,14-/m1/s1. The van der Waals surface area contributed by atoms with Crippen LogP contribution in [0.4, 0.5) is 0 Å². The lowest BCUT2D eigenvalue weighted by atomic mass is 9.86. The topological polar surface area (TPSA) is 60.2 Å². The lowest BCUT2D eigenvalue weighted by Gasteiger charge is -2.29. The summed E-state index contributed by atoms with van der Waals surface area (Å²) in [6, 6.07) is 8.22. The summed E-state index contributed by atoms with van der Waals surface area (Å²) in [6.45, 7) is 2.93. The maximum Gasteiger partial charge on any atom is 0.251 e. The molecule has 1 aliphatic rings. The Labute approximate surface area is 131 Å². The molecule has 5 nitrogen and oxygen atoms in total. The summed E-state index contributed by atoms with van der Waals surface area (Å²) in [7, 11) is 1.64. The molecular formula is C17H23N3O2. The van der Waals surface area contributed by atoms with Crippen LogP contribution in [-0.4, -0.2) is 23.3 Å². The quantitative estimate of drug-likeness (QED) is 0.917. The van der Waals surface area contributed by atoms with Crippen molar-refractivity contribution in [2.75, 3.05) is 7.11 Å². The van der Waals surface area contributed by atoms with Crippen molar-refractivity contribution < 1.29 is 9.15 Å². The first-order chi connectivity index (χ1) is 10.8. The van der Waals surface area contributed by atoms with Crippen LogP contribution in [0, 0.1) is 5.92 Å². The highest BCUT2D eigenvalue weighted by molar-refractivity contribution is 5.62. The number of aromatic nitrogens is 2. The van der Waals surface area contributed by atoms with Crippen molar-refractivity contribution in [2.45, 2.75) is 45.2 Å². The van der Waals surface area contributed by atoms with Crippen molar-refractivity contribution in [3.05, 3.63) is 30.2 Å². The number of para-hydroxylation sites is 1. The summed E-state index contributed by atoms with van der Waals surface area (Å²) in [5, 5.41) is 11.8. The fourth-order valence-electron chi connectivity index (χ4n) is 3.09. The van der Waals surface area contributed by atoms with E-state index in [1.165, 1.54) is 25.7 Å². The second-order valence-corrected chi connectivity index (χ2v) is 5.95. The summed E-state index contributed by atoms with van der Waals surface area (Å²) in [5.74, 6) is 2.58. The van der Waals surface area contributed by atoms with Gasteiger partial charge in [0.05, 0.1) is 19.2 Å². The minimum atomic E-state index is 0.506. The number of nitrogens with one attached hydrogen (secondary N) is 1. The van der Waals surface area contributed by atoms with Crippen molar-refractivity contribution in [1.29, 1.82) is 0 Å². The molecule has 2 atom stereocenters. The summed E-state index contributed by atoms with van der Waals surface area (Å²) >= 11 is 0. The van der Waals surface area contributed by atoms with Crippen LogP contribution >= 0.6 is 0 Å². The molecule has 0 radical (unpaired) electrons. The van der Waals surface area contributed by atoms with Gasteiger partial charge >= 0.3 is 0 Å². The molecule has 0 amide bonds. The second kappa shape index (κ2) is 6.92. The number of benzene rings is 1. The molecule has 0 unspecified atom stereocenters. The van der Waals surface area contributed by atoms with E-state index in [2.05, 4.69) is 22.4 Å². The molecule has 3 rings (SSSR count). The molecule has 0 spiro atoms. The van der Waals surface area contributed by atoms with E-state index in [4.69, 9.17) is 9.15 Å². The molecule has 1 saturated carbocycles. The van der Waals surface area contributed by atoms with Crippen molar-refractivity contribution in [3.63, 3.8) is 0 Å². The number of ether oxygens (including phenoxy) is 1. The summed E-state index contributed by atoms with van der Waals surface area (Å²) in [5.41, 5.74) is 0.829. The van der Waals surface area contributed by atoms with Crippen LogP contribution in [0.5, 0.6) is 5.75 Å². The van der Waals surface area contributed by atoms with Crippen LogP contribution in [-0.2, 0) is 6.54 Å². The summed E-state index contributed by atoms with van der Waals surface area (Å²) < 4.78 is 11.1. The molecule has 0 saturated heterocycles. The van der Waals surface area contributed by atoms with Gasteiger partial charge in [0.25, 0.3) is 5.89 Å². The average molecular weight is 301 g/mol. The first kappa shape index (κ1) is 15.0. The molecular weight excluding hydrogens is 278 g/mol. The van der Waals surface area contributed by atoms with Crippen molar-refractivity contribution in [1.82, 2.24) is 15.5 Å². The fraction of sp³-hybridized carbons (Fsp3) is 0.529. The van der Waals surface area contributed by atoms with Gasteiger partial charge in [-0.05, 0) is 30.9 Å². The normalized spacial score (nSPS) is 21.7. The van der Waals surface area contributed by atoms with Gasteiger partial charge < -0.3 is 14.5 Å². The zero-order chi connectivity index (χ0) is 15.4. The predicted octanol–water partition coefficient (Wildman–Crippen LogP) is 3.41. The molecule has 0 bridgehead atoms. The predicted molar refractivity (Wildman–Crippen MR) is 84.5 cm³/mol. The average Bonchev–Trinajstić information content (AvgIpc) is 3.03. The van der Waals surface area contributed by atoms with Crippen LogP contribution in [0.25, 0.3) is 11.5 Å². The van der Waals surface area contributed by atoms with Gasteiger partial charge in [0.2, 0.25) is 5.89 Å². The second-order valence-electron chi connectivity index (χ2n) is 5.95. The number of nitrogens with zero attached hydrogens (tertiary/aromatic N) is 2. The van der Waals surface area contributed by atoms with E-state index in [0.717, 1.165) is 11.3 Å². The van der Waals surface area contributed by atoms with E-state index < -0.39 is 0 Å². The van der Waals surface area contributed by atoms with Gasteiger partial charge in [0.1, 0.15) is 5.75 Å². The van der Waals surface area contributed by atoms with Crippen LogP contribution < -0.4 is 10.1 Å². The van der Waals surface area contributed by atoms with Gasteiger partial charge in [-0.3, -0.25) is 0 Å². The Balaban J connectivity index is 1.66. The zero-order valence-corrected chi connectivity index (χ0v) is 13.2. The van der Waals surface area contributed by atoms with Crippen molar-refractivity contribution in [2.24, 2.45) is 5.92 Å². The third-order valence-electron chi connectivity index (χ3n) is 4.43. The SMILES string of the molecule is COc1ccccc1-c1nnc(CN[C@@H]2CCCC[C@H]2C)o1. The maximum absolute atomic E-state index is 5.77. The van der Waals surface area contributed by atoms with E-state index in [9.17, 15) is 0 Å². The Bertz CT molecular complexity index is 611. The smallest absolute Gasteiger partial charge is 0.251 e. The first-order valence-electron chi connectivity index (χ1n) is 7.97. The van der Waals surface area contributed by atoms with Gasteiger partial charge in [-0.15, -0.1) is 10.2 Å². The molecule has 1 N–H and O–H groups in total. The Morgan fingerprint density at radius 2 is 2.05 bits per heavy atom. The third kappa shape index (κ3) is 3.30. The zero-order valence-electron chi connectivity index (χ0n) is 13.2. The molecule has 0 aliphatic heterocycles. The largest absolute Gasteiger partial charge is 0.496 e. The van der Waals surface area contributed by atoms with Gasteiger partial charge in [0.15, 0.2) is 0 Å². The summed E-state index contributed by atoms with van der Waals surface area (Å²) in [6.07, 6.45) is 5.18. The molecule has 118 valence electrons. The highest BCUT2D eigenvalue weighted by Gasteiger charge is 2.21. The number of rotatable bonds is 5. The van der Waals surface area contributed by atoms with Crippen molar-refractivity contribution in [3.8, 4) is 17.2 Å². The van der Waals surface area contributed by atoms with Gasteiger partial charge in [-0.2, -0.15) is 0 Å². The number of hydrogen-bond acceptors (Lipinski definition) is 5. The van der Waals surface area contributed by atoms with Crippen LogP contribution in [0.3, 0.4) is 0 Å². The van der Waals surface area contributed by atoms with Crippen LogP contribution in [0.15, 0.2) is 28.7 Å². The minimum absolute atomic E-state index is 0.506. The molecule has 1 heterocycles. The molecule has 5 heteroatoms. The van der Waals surface area contributed by atoms with E-state index >= 15 is 0 Å². The highest BCUT2D eigenvalue weighted by atomic mass is 16.5. The van der Waals surface area contributed by atoms with E-state index in [1.54, 1.807) is 7.11 Å². The maximum atomic E-state index is 5.77. The van der Waals surface area contributed by atoms with Crippen LogP contribution in [0.1, 0.15) is 38.5 Å². The molecule has 1 aromatic carbocycles. The van der Waals surface area contributed by atoms with E-state index in [1.807, 2.05) is 24.3 Å². The molecule has 22 heavy (non-hydrogen) atoms. The van der Waals surface area contributed by atoms with Gasteiger partial charge in [0, 0.05) is 6.04 Å². The Morgan fingerprint density at radius 3 is 2.86 bits per heavy atom. The Hall–Kier alpha value is -1.88. The van der Waals surface area contributed by atoms with Gasteiger partial charge in [-0.25, -0.2) is 0 Å². The van der Waals surface area contributed by atoms with E-state index in [0.29, 0.717) is 30.3 Å². The fourth-order valence-corrected chi connectivity index (χ4v) is 3.09. The number of methoxy groups -OCH3 is 1. The third-order valence-corrected chi connectivity index (χ3v) is 4.43. The number of hydrogen-bond donors (Lipinski definition) is 1. The molecule has 1 aromatic heterocycles.